The maximum Gasteiger partial charge on any atom is 0.234 e. The van der Waals surface area contributed by atoms with Crippen LogP contribution in [-0.4, -0.2) is 49.6 Å². The Balaban J connectivity index is 1.91. The molecule has 130 valence electrons. The van der Waals surface area contributed by atoms with Crippen LogP contribution >= 0.6 is 0 Å². The lowest BCUT2D eigenvalue weighted by Crippen LogP contribution is -2.43. The number of amides is 1. The molecule has 1 amide bonds. The Morgan fingerprint density at radius 2 is 1.96 bits per heavy atom. The smallest absolute Gasteiger partial charge is 0.234 e. The Kier molecular flexibility index (Phi) is 6.62. The second-order valence-electron chi connectivity index (χ2n) is 6.85. The van der Waals surface area contributed by atoms with Crippen LogP contribution in [0.5, 0.6) is 0 Å². The van der Waals surface area contributed by atoms with Crippen LogP contribution in [0.15, 0.2) is 24.3 Å². The zero-order valence-corrected chi connectivity index (χ0v) is 15.0. The molecule has 24 heavy (non-hydrogen) atoms. The van der Waals surface area contributed by atoms with Gasteiger partial charge in [0.1, 0.15) is 6.07 Å². The number of hydrogen-bond donors (Lipinski definition) is 1. The van der Waals surface area contributed by atoms with Crippen molar-refractivity contribution in [1.82, 2.24) is 10.2 Å². The fraction of sp³-hybridized carbons (Fsp3) is 0.579. The number of para-hydroxylation sites is 1. The Morgan fingerprint density at radius 1 is 1.21 bits per heavy atom. The van der Waals surface area contributed by atoms with Crippen LogP contribution in [0, 0.1) is 17.2 Å². The minimum absolute atomic E-state index is 0.0991. The first kappa shape index (κ1) is 18.3. The second-order valence-corrected chi connectivity index (χ2v) is 6.85. The standard InChI is InChI=1S/C19H28N4O/c1-15(2)16(3)21-19(24)14-22-9-6-10-23(12-11-22)18-8-5-4-7-17(18)13-20/h4-5,7-8,15-16H,6,9-12,14H2,1-3H3,(H,21,24). The molecule has 1 aromatic rings. The zero-order valence-electron chi connectivity index (χ0n) is 15.0. The van der Waals surface area contributed by atoms with Gasteiger partial charge in [0.25, 0.3) is 0 Å². The van der Waals surface area contributed by atoms with Crippen molar-refractivity contribution >= 4 is 11.6 Å². The number of nitrogens with zero attached hydrogens (tertiary/aromatic N) is 3. The van der Waals surface area contributed by atoms with E-state index in [0.717, 1.165) is 43.9 Å². The summed E-state index contributed by atoms with van der Waals surface area (Å²) >= 11 is 0. The molecule has 1 aliphatic heterocycles. The van der Waals surface area contributed by atoms with E-state index in [1.54, 1.807) is 0 Å². The molecule has 0 bridgehead atoms. The fourth-order valence-electron chi connectivity index (χ4n) is 2.88. The summed E-state index contributed by atoms with van der Waals surface area (Å²) < 4.78 is 0. The van der Waals surface area contributed by atoms with Crippen molar-refractivity contribution in [2.75, 3.05) is 37.6 Å². The highest BCUT2D eigenvalue weighted by atomic mass is 16.2. The lowest BCUT2D eigenvalue weighted by Gasteiger charge is -2.25. The van der Waals surface area contributed by atoms with Crippen molar-refractivity contribution in [3.05, 3.63) is 29.8 Å². The molecule has 1 aliphatic rings. The van der Waals surface area contributed by atoms with Crippen LogP contribution in [-0.2, 0) is 4.79 Å². The van der Waals surface area contributed by atoms with Gasteiger partial charge in [0.2, 0.25) is 5.91 Å². The minimum atomic E-state index is 0.0991. The number of carbonyl (C=O) groups excluding carboxylic acids is 1. The van der Waals surface area contributed by atoms with Gasteiger partial charge in [0.05, 0.1) is 17.8 Å². The summed E-state index contributed by atoms with van der Waals surface area (Å²) in [4.78, 5) is 16.6. The van der Waals surface area contributed by atoms with Crippen molar-refractivity contribution in [1.29, 1.82) is 5.26 Å². The topological polar surface area (TPSA) is 59.4 Å². The quantitative estimate of drug-likeness (QED) is 0.900. The van der Waals surface area contributed by atoms with Crippen molar-refractivity contribution < 1.29 is 4.79 Å². The van der Waals surface area contributed by atoms with Crippen LogP contribution in [0.25, 0.3) is 0 Å². The SMILES string of the molecule is CC(C)C(C)NC(=O)CN1CCCN(c2ccccc2C#N)CC1. The van der Waals surface area contributed by atoms with Crippen LogP contribution in [0.4, 0.5) is 5.69 Å². The fourth-order valence-corrected chi connectivity index (χ4v) is 2.88. The Hall–Kier alpha value is -2.06. The first-order valence-electron chi connectivity index (χ1n) is 8.77. The molecular formula is C19H28N4O. The third-order valence-electron chi connectivity index (χ3n) is 4.71. The van der Waals surface area contributed by atoms with Crippen molar-refractivity contribution in [3.63, 3.8) is 0 Å². The minimum Gasteiger partial charge on any atom is -0.369 e. The Bertz CT molecular complexity index is 593. The highest BCUT2D eigenvalue weighted by molar-refractivity contribution is 5.78. The van der Waals surface area contributed by atoms with Gasteiger partial charge in [-0.15, -0.1) is 0 Å². The maximum atomic E-state index is 12.2. The summed E-state index contributed by atoms with van der Waals surface area (Å²) in [5, 5.41) is 12.3. The van der Waals surface area contributed by atoms with Gasteiger partial charge in [-0.05, 0) is 31.4 Å². The van der Waals surface area contributed by atoms with E-state index in [1.807, 2.05) is 31.2 Å². The first-order valence-corrected chi connectivity index (χ1v) is 8.77. The second kappa shape index (κ2) is 8.70. The Labute approximate surface area is 145 Å². The number of benzene rings is 1. The van der Waals surface area contributed by atoms with E-state index in [0.29, 0.717) is 12.5 Å². The van der Waals surface area contributed by atoms with Gasteiger partial charge >= 0.3 is 0 Å². The van der Waals surface area contributed by atoms with Gasteiger partial charge in [-0.25, -0.2) is 0 Å². The molecule has 0 aliphatic carbocycles. The molecule has 2 rings (SSSR count). The normalized spacial score (nSPS) is 17.2. The van der Waals surface area contributed by atoms with E-state index in [2.05, 4.69) is 35.0 Å². The van der Waals surface area contributed by atoms with Gasteiger partial charge in [0, 0.05) is 32.2 Å². The molecule has 0 radical (unpaired) electrons. The average molecular weight is 328 g/mol. The van der Waals surface area contributed by atoms with Gasteiger partial charge in [-0.2, -0.15) is 5.26 Å². The Morgan fingerprint density at radius 3 is 2.67 bits per heavy atom. The summed E-state index contributed by atoms with van der Waals surface area (Å²) in [6.07, 6.45) is 0.993. The molecule has 0 spiro atoms. The van der Waals surface area contributed by atoms with Crippen LogP contribution in [0.3, 0.4) is 0 Å². The number of carbonyl (C=O) groups is 1. The molecule has 5 heteroatoms. The molecule has 1 aromatic carbocycles. The summed E-state index contributed by atoms with van der Waals surface area (Å²) in [7, 11) is 0. The number of anilines is 1. The van der Waals surface area contributed by atoms with Gasteiger partial charge < -0.3 is 10.2 Å². The molecule has 1 atom stereocenters. The average Bonchev–Trinajstić information content (AvgIpc) is 2.80. The summed E-state index contributed by atoms with van der Waals surface area (Å²) in [5.74, 6) is 0.540. The third-order valence-corrected chi connectivity index (χ3v) is 4.71. The van der Waals surface area contributed by atoms with Crippen molar-refractivity contribution in [3.8, 4) is 6.07 Å². The monoisotopic (exact) mass is 328 g/mol. The summed E-state index contributed by atoms with van der Waals surface area (Å²) in [5.41, 5.74) is 1.72. The number of rotatable bonds is 5. The molecule has 1 fully saturated rings. The number of nitriles is 1. The molecule has 0 aromatic heterocycles. The maximum absolute atomic E-state index is 12.2. The predicted molar refractivity (Wildman–Crippen MR) is 96.9 cm³/mol. The lowest BCUT2D eigenvalue weighted by atomic mass is 10.1. The molecule has 0 saturated carbocycles. The molecule has 1 N–H and O–H groups in total. The van der Waals surface area contributed by atoms with E-state index in [4.69, 9.17) is 0 Å². The molecule has 5 nitrogen and oxygen atoms in total. The van der Waals surface area contributed by atoms with Crippen LogP contribution < -0.4 is 10.2 Å². The van der Waals surface area contributed by atoms with Gasteiger partial charge in [-0.1, -0.05) is 26.0 Å². The predicted octanol–water partition coefficient (Wildman–Crippen LogP) is 2.23. The number of nitrogens with one attached hydrogen (secondary N) is 1. The largest absolute Gasteiger partial charge is 0.369 e. The summed E-state index contributed by atoms with van der Waals surface area (Å²) in [6, 6.07) is 10.2. The van der Waals surface area contributed by atoms with Gasteiger partial charge in [0.15, 0.2) is 0 Å². The molecule has 1 unspecified atom stereocenters. The number of hydrogen-bond acceptors (Lipinski definition) is 4. The van der Waals surface area contributed by atoms with Gasteiger partial charge in [-0.3, -0.25) is 9.69 Å². The first-order chi connectivity index (χ1) is 11.5. The summed E-state index contributed by atoms with van der Waals surface area (Å²) in [6.45, 7) is 10.2. The lowest BCUT2D eigenvalue weighted by molar-refractivity contribution is -0.123. The van der Waals surface area contributed by atoms with E-state index < -0.39 is 0 Å². The zero-order chi connectivity index (χ0) is 17.5. The van der Waals surface area contributed by atoms with E-state index in [1.165, 1.54) is 0 Å². The van der Waals surface area contributed by atoms with Crippen molar-refractivity contribution in [2.24, 2.45) is 5.92 Å². The third kappa shape index (κ3) is 4.97. The molecule has 1 heterocycles. The molecule has 1 saturated heterocycles. The van der Waals surface area contributed by atoms with Crippen LogP contribution in [0.2, 0.25) is 0 Å². The van der Waals surface area contributed by atoms with Crippen molar-refractivity contribution in [2.45, 2.75) is 33.2 Å². The van der Waals surface area contributed by atoms with Crippen LogP contribution in [0.1, 0.15) is 32.8 Å². The van der Waals surface area contributed by atoms with E-state index in [-0.39, 0.29) is 11.9 Å². The molecular weight excluding hydrogens is 300 g/mol. The van der Waals surface area contributed by atoms with E-state index >= 15 is 0 Å². The van der Waals surface area contributed by atoms with E-state index in [9.17, 15) is 10.1 Å². The highest BCUT2D eigenvalue weighted by Crippen LogP contribution is 2.21. The highest BCUT2D eigenvalue weighted by Gasteiger charge is 2.19.